The molecule has 2 heterocycles. The maximum Gasteiger partial charge on any atom is 0.247 e. The third-order valence-corrected chi connectivity index (χ3v) is 7.73. The van der Waals surface area contributed by atoms with Gasteiger partial charge in [0.2, 0.25) is 23.6 Å². The molecule has 0 saturated carbocycles. The highest BCUT2D eigenvalue weighted by molar-refractivity contribution is 5.91. The maximum absolute atomic E-state index is 13.1. The van der Waals surface area contributed by atoms with Crippen LogP contribution >= 0.6 is 0 Å². The summed E-state index contributed by atoms with van der Waals surface area (Å²) in [5.41, 5.74) is 0. The summed E-state index contributed by atoms with van der Waals surface area (Å²) < 4.78 is 11.7. The molecule has 0 aromatic heterocycles. The Morgan fingerprint density at radius 2 is 1.17 bits per heavy atom. The van der Waals surface area contributed by atoms with E-state index in [1.54, 1.807) is 63.7 Å². The highest BCUT2D eigenvalue weighted by Crippen LogP contribution is 2.14. The molecular formula is C30H50N6O6. The molecule has 4 unspecified atom stereocenters. The molecule has 2 fully saturated rings. The first-order valence-corrected chi connectivity index (χ1v) is 15.0. The summed E-state index contributed by atoms with van der Waals surface area (Å²) in [5.74, 6) is 4.95. The summed E-state index contributed by atoms with van der Waals surface area (Å²) in [6.45, 7) is 10.00. The van der Waals surface area contributed by atoms with Crippen LogP contribution in [0.15, 0.2) is 12.2 Å². The van der Waals surface area contributed by atoms with Gasteiger partial charge < -0.3 is 40.5 Å². The number of ether oxygens (including phenoxy) is 2. The summed E-state index contributed by atoms with van der Waals surface area (Å²) in [6, 6.07) is -2.46. The topological polar surface area (TPSA) is 141 Å². The number of carbonyl (C=O) groups is 4. The van der Waals surface area contributed by atoms with Gasteiger partial charge in [-0.3, -0.25) is 19.2 Å². The zero-order valence-corrected chi connectivity index (χ0v) is 26.0. The number of nitrogens with zero attached hydrogens (tertiary/aromatic N) is 2. The van der Waals surface area contributed by atoms with E-state index in [1.165, 1.54) is 0 Å². The molecule has 0 aromatic carbocycles. The van der Waals surface area contributed by atoms with Crippen molar-refractivity contribution in [3.8, 4) is 11.8 Å². The van der Waals surface area contributed by atoms with Gasteiger partial charge in [-0.25, -0.2) is 0 Å². The number of rotatable bonds is 15. The van der Waals surface area contributed by atoms with Gasteiger partial charge in [-0.15, -0.1) is 0 Å². The van der Waals surface area contributed by atoms with Crippen LogP contribution < -0.4 is 21.3 Å². The fourth-order valence-electron chi connectivity index (χ4n) is 4.63. The summed E-state index contributed by atoms with van der Waals surface area (Å²) in [7, 11) is 3.38. The van der Waals surface area contributed by atoms with Gasteiger partial charge in [-0.1, -0.05) is 17.9 Å². The van der Waals surface area contributed by atoms with Crippen LogP contribution in [0.2, 0.25) is 0 Å². The van der Waals surface area contributed by atoms with Crippen LogP contribution in [-0.4, -0.2) is 123 Å². The highest BCUT2D eigenvalue weighted by Gasteiger charge is 2.34. The number of carbonyl (C=O) groups excluding carboxylic acids is 4. The Labute approximate surface area is 250 Å². The van der Waals surface area contributed by atoms with Crippen LogP contribution in [0.25, 0.3) is 0 Å². The van der Waals surface area contributed by atoms with Gasteiger partial charge in [0.05, 0.1) is 30.9 Å². The third-order valence-electron chi connectivity index (χ3n) is 7.73. The summed E-state index contributed by atoms with van der Waals surface area (Å²) in [6.07, 6.45) is 6.06. The molecule has 236 valence electrons. The predicted molar refractivity (Wildman–Crippen MR) is 160 cm³/mol. The minimum Gasteiger partial charge on any atom is -0.372 e. The Hall–Kier alpha value is -2.98. The van der Waals surface area contributed by atoms with Crippen molar-refractivity contribution in [2.75, 3.05) is 53.5 Å². The Bertz CT molecular complexity index is 983. The number of nitrogens with one attached hydrogen (secondary N) is 4. The molecule has 2 rings (SSSR count). The standard InChI is InChI=1S/C30H50N6O6/c1-21(31-5)27(37)33-25(29(39)35-15-9-10-16-35)23(3)41-19-13-7-8-14-20-42-24(4)26(34-28(38)22(2)32-6)30(40)36-17-11-12-18-36/h7,13,21-26,31-32H,9-12,15-20H2,1-6H3,(H,33,37)(H,34,38)/b13-7+/t21-,22-,23?,24?,25?,26?/m0/s1. The van der Waals surface area contributed by atoms with E-state index >= 15 is 0 Å². The monoisotopic (exact) mass is 590 g/mol. The first kappa shape index (κ1) is 35.2. The lowest BCUT2D eigenvalue weighted by molar-refractivity contribution is -0.140. The number of hydrogen-bond donors (Lipinski definition) is 4. The number of likely N-dealkylation sites (N-methyl/N-ethyl adjacent to an activating group) is 2. The zero-order chi connectivity index (χ0) is 31.1. The van der Waals surface area contributed by atoms with E-state index in [0.717, 1.165) is 25.7 Å². The number of amides is 4. The van der Waals surface area contributed by atoms with Crippen LogP contribution in [0, 0.1) is 11.8 Å². The van der Waals surface area contributed by atoms with Gasteiger partial charge in [0.15, 0.2) is 0 Å². The lowest BCUT2D eigenvalue weighted by atomic mass is 10.1. The summed E-state index contributed by atoms with van der Waals surface area (Å²) >= 11 is 0. The largest absolute Gasteiger partial charge is 0.372 e. The van der Waals surface area contributed by atoms with Crippen molar-refractivity contribution < 1.29 is 28.7 Å². The highest BCUT2D eigenvalue weighted by atomic mass is 16.5. The predicted octanol–water partition coefficient (Wildman–Crippen LogP) is -0.214. The smallest absolute Gasteiger partial charge is 0.247 e. The molecule has 0 bridgehead atoms. The van der Waals surface area contributed by atoms with E-state index < -0.39 is 36.4 Å². The number of allylic oxidation sites excluding steroid dienone is 1. The van der Waals surface area contributed by atoms with E-state index in [1.807, 2.05) is 0 Å². The van der Waals surface area contributed by atoms with Gasteiger partial charge in [0.1, 0.15) is 18.7 Å². The molecule has 6 atom stereocenters. The molecule has 0 aromatic rings. The molecule has 2 aliphatic rings. The van der Waals surface area contributed by atoms with Gasteiger partial charge >= 0.3 is 0 Å². The summed E-state index contributed by atoms with van der Waals surface area (Å²) in [4.78, 5) is 54.6. The van der Waals surface area contributed by atoms with Crippen molar-refractivity contribution in [1.82, 2.24) is 31.1 Å². The van der Waals surface area contributed by atoms with Crippen molar-refractivity contribution in [3.05, 3.63) is 12.2 Å². The van der Waals surface area contributed by atoms with Gasteiger partial charge in [0, 0.05) is 26.2 Å². The second-order valence-electron chi connectivity index (χ2n) is 10.8. The average molecular weight is 591 g/mol. The normalized spacial score (nSPS) is 19.4. The van der Waals surface area contributed by atoms with Gasteiger partial charge in [0.25, 0.3) is 0 Å². The number of likely N-dealkylation sites (tertiary alicyclic amines) is 2. The van der Waals surface area contributed by atoms with Crippen LogP contribution in [0.1, 0.15) is 53.4 Å². The molecule has 2 aliphatic heterocycles. The van der Waals surface area contributed by atoms with E-state index in [-0.39, 0.29) is 36.8 Å². The van der Waals surface area contributed by atoms with E-state index in [0.29, 0.717) is 26.2 Å². The van der Waals surface area contributed by atoms with E-state index in [2.05, 4.69) is 33.1 Å². The van der Waals surface area contributed by atoms with Crippen LogP contribution in [0.5, 0.6) is 0 Å². The molecule has 2 saturated heterocycles. The zero-order valence-electron chi connectivity index (χ0n) is 26.0. The van der Waals surface area contributed by atoms with E-state index in [9.17, 15) is 19.2 Å². The first-order valence-electron chi connectivity index (χ1n) is 15.0. The van der Waals surface area contributed by atoms with Gasteiger partial charge in [-0.2, -0.15) is 0 Å². The van der Waals surface area contributed by atoms with Crippen molar-refractivity contribution in [2.24, 2.45) is 0 Å². The molecule has 0 aliphatic carbocycles. The van der Waals surface area contributed by atoms with Crippen molar-refractivity contribution >= 4 is 23.6 Å². The minimum atomic E-state index is -0.800. The number of hydrogen-bond acceptors (Lipinski definition) is 8. The lowest BCUT2D eigenvalue weighted by Gasteiger charge is -2.29. The fourth-order valence-corrected chi connectivity index (χ4v) is 4.63. The average Bonchev–Trinajstić information content (AvgIpc) is 3.73. The maximum atomic E-state index is 13.1. The Kier molecular flexibility index (Phi) is 15.5. The third kappa shape index (κ3) is 11.0. The van der Waals surface area contributed by atoms with Crippen molar-refractivity contribution in [1.29, 1.82) is 0 Å². The van der Waals surface area contributed by atoms with Crippen LogP contribution in [-0.2, 0) is 28.7 Å². The van der Waals surface area contributed by atoms with Crippen LogP contribution in [0.4, 0.5) is 0 Å². The second kappa shape index (κ2) is 18.5. The molecule has 12 nitrogen and oxygen atoms in total. The Morgan fingerprint density at radius 3 is 1.60 bits per heavy atom. The molecule has 0 radical (unpaired) electrons. The van der Waals surface area contributed by atoms with Gasteiger partial charge in [-0.05, 0) is 73.5 Å². The molecule has 42 heavy (non-hydrogen) atoms. The van der Waals surface area contributed by atoms with E-state index in [4.69, 9.17) is 9.47 Å². The Morgan fingerprint density at radius 1 is 0.738 bits per heavy atom. The van der Waals surface area contributed by atoms with Crippen molar-refractivity contribution in [2.45, 2.75) is 89.8 Å². The fraction of sp³-hybridized carbons (Fsp3) is 0.733. The van der Waals surface area contributed by atoms with Crippen molar-refractivity contribution in [3.63, 3.8) is 0 Å². The van der Waals surface area contributed by atoms with Crippen LogP contribution in [0.3, 0.4) is 0 Å². The molecule has 4 N–H and O–H groups in total. The Balaban J connectivity index is 1.87. The molecule has 4 amide bonds. The first-order chi connectivity index (χ1) is 20.1. The SMILES string of the molecule is CN[C@@H](C)C(=O)NC(C(=O)N1CCCC1)C(C)OCC#C/C=C/COC(C)C(NC(=O)[C@H](C)NC)C(=O)N1CCCC1. The molecule has 12 heteroatoms. The quantitative estimate of drug-likeness (QED) is 0.192. The lowest BCUT2D eigenvalue weighted by Crippen LogP contribution is -2.56. The minimum absolute atomic E-state index is 0.0755. The molecule has 0 spiro atoms. The second-order valence-corrected chi connectivity index (χ2v) is 10.8. The molecular weight excluding hydrogens is 540 g/mol. The summed E-state index contributed by atoms with van der Waals surface area (Å²) in [5, 5.41) is 11.4.